The summed E-state index contributed by atoms with van der Waals surface area (Å²) in [4.78, 5) is 17.7. The van der Waals surface area contributed by atoms with E-state index in [1.165, 1.54) is 5.56 Å². The van der Waals surface area contributed by atoms with Crippen molar-refractivity contribution in [3.05, 3.63) is 29.8 Å². The maximum Gasteiger partial charge on any atom is 0.251 e. The number of carbonyl (C=O) groups excluding carboxylic acids is 1. The van der Waals surface area contributed by atoms with Crippen molar-refractivity contribution >= 4 is 5.91 Å². The SMILES string of the molecule is CC[C@@]1(C(=O)N2CCC(F)(F)CC2)C[C@@H]2CC[C@H]1N2Cc1cccc(OC)c1. The highest BCUT2D eigenvalue weighted by Gasteiger charge is 2.59. The summed E-state index contributed by atoms with van der Waals surface area (Å²) in [5.74, 6) is -1.67. The average Bonchev–Trinajstić information content (AvgIpc) is 3.22. The molecule has 4 nitrogen and oxygen atoms in total. The molecule has 0 aromatic heterocycles. The molecule has 3 aliphatic heterocycles. The smallest absolute Gasteiger partial charge is 0.251 e. The van der Waals surface area contributed by atoms with E-state index in [4.69, 9.17) is 4.74 Å². The Hall–Kier alpha value is -1.69. The van der Waals surface area contributed by atoms with Crippen LogP contribution in [0.4, 0.5) is 8.78 Å². The normalized spacial score (nSPS) is 31.9. The second kappa shape index (κ2) is 7.29. The number of piperidine rings is 1. The number of fused-ring (bicyclic) bond motifs is 2. The van der Waals surface area contributed by atoms with Gasteiger partial charge in [-0.1, -0.05) is 19.1 Å². The highest BCUT2D eigenvalue weighted by Crippen LogP contribution is 2.53. The molecule has 0 radical (unpaired) electrons. The Labute approximate surface area is 165 Å². The molecule has 1 aromatic carbocycles. The zero-order valence-electron chi connectivity index (χ0n) is 16.8. The Kier molecular flexibility index (Phi) is 5.10. The van der Waals surface area contributed by atoms with Crippen LogP contribution >= 0.6 is 0 Å². The molecule has 3 fully saturated rings. The average molecular weight is 392 g/mol. The first-order chi connectivity index (χ1) is 13.4. The van der Waals surface area contributed by atoms with Gasteiger partial charge in [0.25, 0.3) is 5.92 Å². The quantitative estimate of drug-likeness (QED) is 0.757. The summed E-state index contributed by atoms with van der Waals surface area (Å²) in [7, 11) is 1.67. The summed E-state index contributed by atoms with van der Waals surface area (Å²) < 4.78 is 32.5. The lowest BCUT2D eigenvalue weighted by Crippen LogP contribution is -2.53. The molecule has 0 spiro atoms. The van der Waals surface area contributed by atoms with Gasteiger partial charge in [-0.15, -0.1) is 0 Å². The molecule has 0 saturated carbocycles. The number of carbonyl (C=O) groups is 1. The van der Waals surface area contributed by atoms with Crippen molar-refractivity contribution in [2.24, 2.45) is 5.41 Å². The highest BCUT2D eigenvalue weighted by molar-refractivity contribution is 5.84. The fourth-order valence-electron chi connectivity index (χ4n) is 5.64. The van der Waals surface area contributed by atoms with E-state index in [0.717, 1.165) is 38.0 Å². The number of alkyl halides is 2. The maximum absolute atomic E-state index is 13.6. The van der Waals surface area contributed by atoms with Gasteiger partial charge in [-0.05, 0) is 43.4 Å². The first kappa shape index (κ1) is 19.6. The largest absolute Gasteiger partial charge is 0.497 e. The summed E-state index contributed by atoms with van der Waals surface area (Å²) in [6.45, 7) is 3.25. The standard InChI is InChI=1S/C22H30F2N2O2/c1-3-21(20(27)25-11-9-22(23,24)10-12-25)14-17-7-8-19(21)26(17)15-16-5-4-6-18(13-16)28-2/h4-6,13,17,19H,3,7-12,14-15H2,1-2H3/t17-,19+,21+/m0/s1. The lowest BCUT2D eigenvalue weighted by molar-refractivity contribution is -0.150. The molecular formula is C22H30F2N2O2. The van der Waals surface area contributed by atoms with Crippen molar-refractivity contribution in [3.8, 4) is 5.75 Å². The van der Waals surface area contributed by atoms with Gasteiger partial charge >= 0.3 is 0 Å². The van der Waals surface area contributed by atoms with Crippen LogP contribution in [0.5, 0.6) is 5.75 Å². The van der Waals surface area contributed by atoms with Crippen LogP contribution in [0.1, 0.15) is 51.0 Å². The number of rotatable bonds is 5. The molecule has 4 rings (SSSR count). The number of nitrogens with zero attached hydrogens (tertiary/aromatic N) is 2. The van der Waals surface area contributed by atoms with Crippen LogP contribution in [0.2, 0.25) is 0 Å². The second-order valence-corrected chi connectivity index (χ2v) is 8.63. The number of hydrogen-bond acceptors (Lipinski definition) is 3. The van der Waals surface area contributed by atoms with Gasteiger partial charge in [0.1, 0.15) is 5.75 Å². The van der Waals surface area contributed by atoms with Crippen molar-refractivity contribution in [3.63, 3.8) is 0 Å². The van der Waals surface area contributed by atoms with Crippen molar-refractivity contribution in [2.75, 3.05) is 20.2 Å². The molecule has 3 atom stereocenters. The monoisotopic (exact) mass is 392 g/mol. The summed E-state index contributed by atoms with van der Waals surface area (Å²) >= 11 is 0. The van der Waals surface area contributed by atoms with Gasteiger partial charge in [0, 0.05) is 44.6 Å². The molecule has 2 bridgehead atoms. The molecule has 1 aromatic rings. The van der Waals surface area contributed by atoms with E-state index in [0.29, 0.717) is 6.04 Å². The van der Waals surface area contributed by atoms with Gasteiger partial charge in [0.15, 0.2) is 0 Å². The Bertz CT molecular complexity index is 731. The molecule has 3 saturated heterocycles. The lowest BCUT2D eigenvalue weighted by atomic mass is 9.70. The van der Waals surface area contributed by atoms with E-state index in [1.807, 2.05) is 12.1 Å². The number of likely N-dealkylation sites (tertiary alicyclic amines) is 1. The Balaban J connectivity index is 1.52. The predicted molar refractivity (Wildman–Crippen MR) is 103 cm³/mol. The molecule has 154 valence electrons. The van der Waals surface area contributed by atoms with Crippen molar-refractivity contribution < 1.29 is 18.3 Å². The molecule has 0 N–H and O–H groups in total. The van der Waals surface area contributed by atoms with E-state index in [1.54, 1.807) is 12.0 Å². The fraction of sp³-hybridized carbons (Fsp3) is 0.682. The summed E-state index contributed by atoms with van der Waals surface area (Å²) in [6.07, 6.45) is 3.33. The number of halogens is 2. The minimum absolute atomic E-state index is 0.105. The number of benzene rings is 1. The number of methoxy groups -OCH3 is 1. The first-order valence-corrected chi connectivity index (χ1v) is 10.4. The maximum atomic E-state index is 13.6. The summed E-state index contributed by atoms with van der Waals surface area (Å²) in [6, 6.07) is 8.68. The zero-order chi connectivity index (χ0) is 19.9. The van der Waals surface area contributed by atoms with Gasteiger partial charge in [-0.2, -0.15) is 0 Å². The zero-order valence-corrected chi connectivity index (χ0v) is 16.8. The summed E-state index contributed by atoms with van der Waals surface area (Å²) in [5, 5.41) is 0. The number of ether oxygens (including phenoxy) is 1. The van der Waals surface area contributed by atoms with E-state index in [9.17, 15) is 13.6 Å². The third-order valence-electron chi connectivity index (χ3n) is 7.22. The third-order valence-corrected chi connectivity index (χ3v) is 7.22. The Morgan fingerprint density at radius 2 is 2.00 bits per heavy atom. The third kappa shape index (κ3) is 3.30. The molecule has 6 heteroatoms. The second-order valence-electron chi connectivity index (χ2n) is 8.63. The van der Waals surface area contributed by atoms with Crippen LogP contribution in [0, 0.1) is 5.41 Å². The minimum atomic E-state index is -2.62. The van der Waals surface area contributed by atoms with Crippen molar-refractivity contribution in [1.29, 1.82) is 0 Å². The molecular weight excluding hydrogens is 362 g/mol. The first-order valence-electron chi connectivity index (χ1n) is 10.4. The van der Waals surface area contributed by atoms with E-state index in [-0.39, 0.29) is 37.9 Å². The van der Waals surface area contributed by atoms with Crippen molar-refractivity contribution in [2.45, 2.75) is 70.0 Å². The number of amides is 1. The van der Waals surface area contributed by atoms with Gasteiger partial charge < -0.3 is 9.64 Å². The van der Waals surface area contributed by atoms with Crippen LogP contribution in [0.3, 0.4) is 0 Å². The van der Waals surface area contributed by atoms with Gasteiger partial charge in [0.2, 0.25) is 5.91 Å². The Morgan fingerprint density at radius 3 is 2.68 bits per heavy atom. The lowest BCUT2D eigenvalue weighted by Gasteiger charge is -2.42. The highest BCUT2D eigenvalue weighted by atomic mass is 19.3. The molecule has 3 aliphatic rings. The van der Waals surface area contributed by atoms with Crippen LogP contribution < -0.4 is 4.74 Å². The van der Waals surface area contributed by atoms with Gasteiger partial charge in [-0.3, -0.25) is 9.69 Å². The van der Waals surface area contributed by atoms with Crippen LogP contribution in [-0.2, 0) is 11.3 Å². The number of hydrogen-bond donors (Lipinski definition) is 0. The molecule has 3 heterocycles. The minimum Gasteiger partial charge on any atom is -0.497 e. The van der Waals surface area contributed by atoms with Crippen LogP contribution in [-0.4, -0.2) is 53.9 Å². The van der Waals surface area contributed by atoms with E-state index >= 15 is 0 Å². The van der Waals surface area contributed by atoms with Gasteiger partial charge in [-0.25, -0.2) is 8.78 Å². The topological polar surface area (TPSA) is 32.8 Å². The van der Waals surface area contributed by atoms with Crippen molar-refractivity contribution in [1.82, 2.24) is 9.80 Å². The van der Waals surface area contributed by atoms with Crippen LogP contribution in [0.25, 0.3) is 0 Å². The van der Waals surface area contributed by atoms with Gasteiger partial charge in [0.05, 0.1) is 12.5 Å². The molecule has 0 aliphatic carbocycles. The van der Waals surface area contributed by atoms with E-state index in [2.05, 4.69) is 24.0 Å². The molecule has 1 amide bonds. The molecule has 28 heavy (non-hydrogen) atoms. The predicted octanol–water partition coefficient (Wildman–Crippen LogP) is 4.09. The van der Waals surface area contributed by atoms with E-state index < -0.39 is 11.3 Å². The van der Waals surface area contributed by atoms with Crippen LogP contribution in [0.15, 0.2) is 24.3 Å². The molecule has 0 unspecified atom stereocenters. The Morgan fingerprint density at radius 1 is 1.25 bits per heavy atom. The summed E-state index contributed by atoms with van der Waals surface area (Å²) in [5.41, 5.74) is 0.766. The fourth-order valence-corrected chi connectivity index (χ4v) is 5.64.